The molecule has 6 fully saturated rings. The molecule has 6 rings (SSSR count). The molecule has 0 unspecified atom stereocenters. The Labute approximate surface area is 279 Å². The number of hydrogen-bond acceptors (Lipinski definition) is 0. The van der Waals surface area contributed by atoms with E-state index in [0.29, 0.717) is 0 Å². The zero-order chi connectivity index (χ0) is 26.0. The molecule has 3 heteroatoms. The predicted molar refractivity (Wildman–Crippen MR) is 153 cm³/mol. The van der Waals surface area contributed by atoms with E-state index in [9.17, 15) is 0 Å². The first-order chi connectivity index (χ1) is 17.9. The fraction of sp³-hybridized carbons (Fsp3) is 0. The molecule has 0 aromatic carbocycles. The van der Waals surface area contributed by atoms with Crippen LogP contribution in [0, 0.1) is 218 Å². The third kappa shape index (κ3) is 45.8. The molecule has 0 atom stereocenters. The molecule has 33 radical (unpaired) electrons. The van der Waals surface area contributed by atoms with Crippen molar-refractivity contribution >= 4 is 0 Å². The van der Waals surface area contributed by atoms with Crippen LogP contribution >= 0.6 is 0 Å². The van der Waals surface area contributed by atoms with Gasteiger partial charge in [0.1, 0.15) is 0 Å². The molecule has 0 saturated heterocycles. The average molecular weight is 633 g/mol. The van der Waals surface area contributed by atoms with Crippen LogP contribution in [-0.2, 0) is 51.2 Å². The molecule has 0 aromatic heterocycles. The van der Waals surface area contributed by atoms with Crippen molar-refractivity contribution in [1.82, 2.24) is 0 Å². The van der Waals surface area contributed by atoms with E-state index in [1.807, 2.05) is 199 Å². The van der Waals surface area contributed by atoms with Crippen molar-refractivity contribution in [2.24, 2.45) is 0 Å². The maximum Gasteiger partial charge on any atom is 3.00 e. The first kappa shape index (κ1) is 46.6. The summed E-state index contributed by atoms with van der Waals surface area (Å²) in [6.07, 6.45) is 71.2. The van der Waals surface area contributed by atoms with Crippen LogP contribution in [0.2, 0.25) is 0 Å². The van der Waals surface area contributed by atoms with E-state index in [4.69, 9.17) is 13.0 Å². The normalized spacial score (nSPS) is 19.7. The molecular formula is C36H33Fe3+6. The Balaban J connectivity index is -0.000000181. The van der Waals surface area contributed by atoms with E-state index in [2.05, 4.69) is 6.08 Å². The molecule has 195 valence electrons. The van der Waals surface area contributed by atoms with E-state index in [1.54, 1.807) is 0 Å². The van der Waals surface area contributed by atoms with E-state index >= 15 is 0 Å². The summed E-state index contributed by atoms with van der Waals surface area (Å²) in [6.45, 7) is 4.82. The molecule has 6 saturated carbocycles. The van der Waals surface area contributed by atoms with Crippen LogP contribution in [0.1, 0.15) is 0 Å². The van der Waals surface area contributed by atoms with Crippen LogP contribution in [0.5, 0.6) is 0 Å². The van der Waals surface area contributed by atoms with Gasteiger partial charge in [-0.3, -0.25) is 0 Å². The summed E-state index contributed by atoms with van der Waals surface area (Å²) < 4.78 is 0. The van der Waals surface area contributed by atoms with Gasteiger partial charge in [-0.1, -0.05) is 0 Å². The summed E-state index contributed by atoms with van der Waals surface area (Å²) >= 11 is 0. The first-order valence-corrected chi connectivity index (χ1v) is 11.4. The Hall–Kier alpha value is 0.598. The minimum absolute atomic E-state index is 0. The second-order valence-corrected chi connectivity index (χ2v) is 6.40. The van der Waals surface area contributed by atoms with Gasteiger partial charge >= 0.3 is 51.2 Å². The Bertz CT molecular complexity index is 333. The third-order valence-corrected chi connectivity index (χ3v) is 3.59. The molecule has 6 aliphatic rings. The zero-order valence-corrected chi connectivity index (χ0v) is 24.9. The Morgan fingerprint density at radius 1 is 0.359 bits per heavy atom. The van der Waals surface area contributed by atoms with Crippen LogP contribution in [0.4, 0.5) is 0 Å². The molecule has 0 aliphatic heterocycles. The van der Waals surface area contributed by atoms with Crippen LogP contribution in [-0.4, -0.2) is 0 Å². The number of allylic oxidation sites excluding steroid dienone is 3. The minimum Gasteiger partial charge on any atom is -0.610 e. The van der Waals surface area contributed by atoms with Crippen LogP contribution in [0.25, 0.3) is 0 Å². The summed E-state index contributed by atoms with van der Waals surface area (Å²) in [4.78, 5) is 0. The number of hydrogen-bond donors (Lipinski definition) is 0. The van der Waals surface area contributed by atoms with E-state index in [0.717, 1.165) is 0 Å². The molecule has 6 aliphatic carbocycles. The van der Waals surface area contributed by atoms with Gasteiger partial charge in [0.25, 0.3) is 0 Å². The Morgan fingerprint density at radius 3 is 0.538 bits per heavy atom. The molecule has 0 heterocycles. The molecule has 0 aromatic rings. The summed E-state index contributed by atoms with van der Waals surface area (Å²) in [5.41, 5.74) is 0. The molecule has 0 bridgehead atoms. The first-order valence-electron chi connectivity index (χ1n) is 11.4. The van der Waals surface area contributed by atoms with Crippen molar-refractivity contribution < 1.29 is 51.2 Å². The summed E-state index contributed by atoms with van der Waals surface area (Å²) in [7, 11) is 0. The van der Waals surface area contributed by atoms with E-state index in [-0.39, 0.29) is 51.2 Å². The average Bonchev–Trinajstić information content (AvgIpc) is 3.83. The van der Waals surface area contributed by atoms with Gasteiger partial charge in [-0.15, -0.1) is 0 Å². The molecule has 0 spiro atoms. The quantitative estimate of drug-likeness (QED) is 0.126. The van der Waals surface area contributed by atoms with Gasteiger partial charge in [0.2, 0.25) is 0 Å². The van der Waals surface area contributed by atoms with Gasteiger partial charge in [0.05, 0.1) is 0 Å². The van der Waals surface area contributed by atoms with Gasteiger partial charge in [-0.2, -0.15) is 0 Å². The molecule has 39 heavy (non-hydrogen) atoms. The predicted octanol–water partition coefficient (Wildman–Crippen LogP) is 7.05. The topological polar surface area (TPSA) is 0 Å². The Morgan fingerprint density at radius 2 is 0.487 bits per heavy atom. The standard InChI is InChI=1S/C6H3.6C5H5.3Fe/c1-3-5-6-4-2;6*1-2-4-5-3-1;;;/h1,3,6H;6*1-5H;;;/q-3;;;;;;;3*+3. The van der Waals surface area contributed by atoms with Gasteiger partial charge in [0.15, 0.2) is 0 Å². The second kappa shape index (κ2) is 45.6. The summed E-state index contributed by atoms with van der Waals surface area (Å²) in [6, 6.07) is 0. The van der Waals surface area contributed by atoms with Crippen molar-refractivity contribution in [3.05, 3.63) is 224 Å². The van der Waals surface area contributed by atoms with Crippen molar-refractivity contribution in [2.45, 2.75) is 0 Å². The van der Waals surface area contributed by atoms with Crippen LogP contribution in [0.3, 0.4) is 0 Å². The van der Waals surface area contributed by atoms with Gasteiger partial charge in [-0.05, 0) is 193 Å². The number of rotatable bonds is 1. The summed E-state index contributed by atoms with van der Waals surface area (Å²) in [5.74, 6) is 1.97. The zero-order valence-electron chi connectivity index (χ0n) is 21.6. The largest absolute Gasteiger partial charge is 3.00 e. The van der Waals surface area contributed by atoms with Crippen molar-refractivity contribution in [3.8, 4) is 5.92 Å². The maximum atomic E-state index is 6.26. The Kier molecular flexibility index (Phi) is 54.4. The van der Waals surface area contributed by atoms with Crippen LogP contribution in [0.15, 0.2) is 12.2 Å². The maximum absolute atomic E-state index is 6.26. The van der Waals surface area contributed by atoms with Crippen molar-refractivity contribution in [1.29, 1.82) is 0 Å². The van der Waals surface area contributed by atoms with Gasteiger partial charge < -0.3 is 37.2 Å². The monoisotopic (exact) mass is 633 g/mol. The van der Waals surface area contributed by atoms with Gasteiger partial charge in [-0.25, -0.2) is 0 Å². The molecule has 0 amide bonds. The van der Waals surface area contributed by atoms with E-state index in [1.165, 1.54) is 12.2 Å². The van der Waals surface area contributed by atoms with Crippen molar-refractivity contribution in [2.75, 3.05) is 0 Å². The fourth-order valence-corrected chi connectivity index (χ4v) is 2.01. The minimum atomic E-state index is 0. The SMILES string of the molecule is [C-]#CC=[C-]C=[CH-].[CH]1[CH][CH][CH][CH]1.[CH]1[CH][CH][CH][CH]1.[CH]1[CH][CH][CH][CH]1.[CH]1[CH][CH][CH][CH]1.[CH]1[CH][CH][CH][CH]1.[CH]1[CH][CH][CH][CH]1.[Fe+3].[Fe+3].[Fe+3]. The van der Waals surface area contributed by atoms with Crippen LogP contribution < -0.4 is 0 Å². The van der Waals surface area contributed by atoms with Gasteiger partial charge in [0, 0.05) is 0 Å². The smallest absolute Gasteiger partial charge is 0.610 e. The molecule has 0 nitrogen and oxygen atoms in total. The van der Waals surface area contributed by atoms with Crippen molar-refractivity contribution in [3.63, 3.8) is 0 Å². The fourth-order valence-electron chi connectivity index (χ4n) is 2.01. The second-order valence-electron chi connectivity index (χ2n) is 6.40. The summed E-state index contributed by atoms with van der Waals surface area (Å²) in [5, 5.41) is 0. The third-order valence-electron chi connectivity index (χ3n) is 3.59. The molecule has 0 N–H and O–H groups in total. The molecular weight excluding hydrogens is 600 g/mol. The van der Waals surface area contributed by atoms with E-state index < -0.39 is 0 Å².